The quantitative estimate of drug-likeness (QED) is 0.128. The molecule has 0 radical (unpaired) electrons. The lowest BCUT2D eigenvalue weighted by molar-refractivity contribution is 0.657. The molecule has 4 heteroatoms. The zero-order valence-electron chi connectivity index (χ0n) is 46.8. The summed E-state index contributed by atoms with van der Waals surface area (Å²) in [6.07, 6.45) is 0. The third kappa shape index (κ3) is 7.18. The van der Waals surface area contributed by atoms with Crippen LogP contribution in [0.15, 0.2) is 276 Å². The molecule has 0 bridgehead atoms. The van der Waals surface area contributed by atoms with Crippen LogP contribution in [-0.2, 0) is 5.41 Å². The molecule has 0 saturated carbocycles. The predicted octanol–water partition coefficient (Wildman–Crippen LogP) is 22.5. The van der Waals surface area contributed by atoms with E-state index in [9.17, 15) is 0 Å². The average Bonchev–Trinajstić information content (AvgIpc) is 1.86. The van der Waals surface area contributed by atoms with Crippen LogP contribution in [0.2, 0.25) is 0 Å². The normalized spacial score (nSPS) is 12.9. The van der Waals surface area contributed by atoms with Crippen LogP contribution in [0, 0.1) is 0 Å². The van der Waals surface area contributed by atoms with Crippen molar-refractivity contribution in [2.45, 2.75) is 44.9 Å². The van der Waals surface area contributed by atoms with Crippen LogP contribution >= 0.6 is 0 Å². The summed E-state index contributed by atoms with van der Waals surface area (Å²) in [5, 5.41) is 11.6. The van der Waals surface area contributed by atoms with Crippen molar-refractivity contribution in [1.29, 1.82) is 0 Å². The van der Waals surface area contributed by atoms with Gasteiger partial charge in [-0.2, -0.15) is 0 Å². The summed E-state index contributed by atoms with van der Waals surface area (Å²) in [7, 11) is 0. The molecule has 0 unspecified atom stereocenters. The Labute approximate surface area is 482 Å². The van der Waals surface area contributed by atoms with E-state index in [0.29, 0.717) is 5.92 Å². The molecule has 1 aliphatic carbocycles. The van der Waals surface area contributed by atoms with E-state index in [1.165, 1.54) is 71.4 Å². The molecule has 83 heavy (non-hydrogen) atoms. The molecule has 13 aromatic carbocycles. The summed E-state index contributed by atoms with van der Waals surface area (Å²) in [6, 6.07) is 98.5. The lowest BCUT2D eigenvalue weighted by atomic mass is 9.66. The molecule has 15 aromatic rings. The van der Waals surface area contributed by atoms with E-state index in [4.69, 9.17) is 8.83 Å². The standard InChI is InChI=1S/C79H58N2O2/c1-49(2)56-37-21-39-63-65-41-23-43-69(77(65)82-75(56)63)80(53-29-13-7-14-30-53)55-45-46-62-67(47-55)58-33-17-19-35-60(58)73-72-61-36-20-18-34-59(61)71(48-68(72)79(74(62)73,51-25-9-5-10-26-51)52-27-11-6-12-28-52)81(54-31-15-8-16-32-54)70-44-24-42-66-64-40-22-38-57(50(3)4)76(64)83-78(66)70/h5-50H,1-4H3. The summed E-state index contributed by atoms with van der Waals surface area (Å²) >= 11 is 0. The Kier molecular flexibility index (Phi) is 11.1. The first-order chi connectivity index (χ1) is 40.9. The second kappa shape index (κ2) is 19.0. The van der Waals surface area contributed by atoms with E-state index < -0.39 is 5.41 Å². The molecule has 396 valence electrons. The van der Waals surface area contributed by atoms with E-state index >= 15 is 0 Å². The van der Waals surface area contributed by atoms with Crippen molar-refractivity contribution in [3.05, 3.63) is 300 Å². The molecule has 0 saturated heterocycles. The van der Waals surface area contributed by atoms with E-state index in [-0.39, 0.29) is 5.92 Å². The molecule has 0 aliphatic heterocycles. The van der Waals surface area contributed by atoms with Crippen LogP contribution < -0.4 is 9.80 Å². The van der Waals surface area contributed by atoms with Crippen molar-refractivity contribution in [1.82, 2.24) is 0 Å². The van der Waals surface area contributed by atoms with Crippen LogP contribution in [0.1, 0.15) is 72.9 Å². The number of para-hydroxylation sites is 6. The van der Waals surface area contributed by atoms with Gasteiger partial charge in [-0.15, -0.1) is 0 Å². The molecule has 0 atom stereocenters. The highest BCUT2D eigenvalue weighted by molar-refractivity contribution is 6.24. The van der Waals surface area contributed by atoms with E-state index in [1.807, 2.05) is 0 Å². The van der Waals surface area contributed by atoms with Crippen molar-refractivity contribution < 1.29 is 8.83 Å². The van der Waals surface area contributed by atoms with Crippen LogP contribution in [0.5, 0.6) is 0 Å². The van der Waals surface area contributed by atoms with Gasteiger partial charge in [-0.3, -0.25) is 0 Å². The number of fused-ring (bicyclic) bond motifs is 16. The van der Waals surface area contributed by atoms with Gasteiger partial charge in [-0.25, -0.2) is 0 Å². The van der Waals surface area contributed by atoms with E-state index in [1.54, 1.807) is 0 Å². The van der Waals surface area contributed by atoms with Gasteiger partial charge in [-0.1, -0.05) is 240 Å². The Bertz CT molecular complexity index is 5000. The number of hydrogen-bond acceptors (Lipinski definition) is 4. The Morgan fingerprint density at radius 2 is 0.711 bits per heavy atom. The lowest BCUT2D eigenvalue weighted by Gasteiger charge is -2.36. The Morgan fingerprint density at radius 3 is 1.24 bits per heavy atom. The highest BCUT2D eigenvalue weighted by Gasteiger charge is 2.49. The Morgan fingerprint density at radius 1 is 0.289 bits per heavy atom. The second-order valence-electron chi connectivity index (χ2n) is 23.0. The fourth-order valence-corrected chi connectivity index (χ4v) is 14.3. The fourth-order valence-electron chi connectivity index (χ4n) is 14.3. The summed E-state index contributed by atoms with van der Waals surface area (Å²) in [5.41, 5.74) is 18.8. The maximum absolute atomic E-state index is 7.21. The molecule has 0 N–H and O–H groups in total. The summed E-state index contributed by atoms with van der Waals surface area (Å²) in [6.45, 7) is 8.97. The van der Waals surface area contributed by atoms with Gasteiger partial charge in [0.15, 0.2) is 11.2 Å². The number of anilines is 6. The minimum absolute atomic E-state index is 0.289. The summed E-state index contributed by atoms with van der Waals surface area (Å²) in [4.78, 5) is 4.85. The first-order valence-electron chi connectivity index (χ1n) is 29.1. The van der Waals surface area contributed by atoms with E-state index in [2.05, 4.69) is 304 Å². The number of furan rings is 2. The number of rotatable bonds is 10. The molecular formula is C79H58N2O2. The van der Waals surface area contributed by atoms with Gasteiger partial charge in [0.1, 0.15) is 11.2 Å². The van der Waals surface area contributed by atoms with Crippen LogP contribution in [-0.4, -0.2) is 0 Å². The highest BCUT2D eigenvalue weighted by atomic mass is 16.3. The van der Waals surface area contributed by atoms with E-state index in [0.717, 1.165) is 83.4 Å². The largest absolute Gasteiger partial charge is 0.454 e. The Hall–Kier alpha value is -10.2. The summed E-state index contributed by atoms with van der Waals surface area (Å²) < 4.78 is 14.3. The Balaban J connectivity index is 1.02. The molecule has 0 spiro atoms. The molecule has 1 aliphatic rings. The molecule has 4 nitrogen and oxygen atoms in total. The molecule has 0 amide bonds. The first-order valence-corrected chi connectivity index (χ1v) is 29.1. The third-order valence-corrected chi connectivity index (χ3v) is 17.8. The van der Waals surface area contributed by atoms with Gasteiger partial charge in [0.2, 0.25) is 0 Å². The SMILES string of the molecule is CC(C)c1cccc2c1oc1c(N(c3ccccc3)c3ccc4c5c(c6ccccc6c4c3)-c3c(cc(N(c4ccccc4)c4cccc6c4oc4c(C(C)C)cccc46)c4ccccc34)C5(c3ccccc3)c3ccccc3)cccc12. The lowest BCUT2D eigenvalue weighted by Crippen LogP contribution is -2.29. The second-order valence-corrected chi connectivity index (χ2v) is 23.0. The maximum atomic E-state index is 7.21. The number of benzene rings is 13. The van der Waals surface area contributed by atoms with Gasteiger partial charge in [0.05, 0.1) is 22.5 Å². The topological polar surface area (TPSA) is 32.8 Å². The highest BCUT2D eigenvalue weighted by Crippen LogP contribution is 2.64. The van der Waals surface area contributed by atoms with Crippen molar-refractivity contribution in [2.75, 3.05) is 9.80 Å². The molecule has 2 heterocycles. The number of nitrogens with zero attached hydrogens (tertiary/aromatic N) is 2. The van der Waals surface area contributed by atoms with Crippen molar-refractivity contribution >= 4 is 110 Å². The smallest absolute Gasteiger partial charge is 0.159 e. The van der Waals surface area contributed by atoms with Gasteiger partial charge in [-0.05, 0) is 138 Å². The van der Waals surface area contributed by atoms with Crippen molar-refractivity contribution in [2.24, 2.45) is 0 Å². The summed E-state index contributed by atoms with van der Waals surface area (Å²) in [5.74, 6) is 0.591. The van der Waals surface area contributed by atoms with Crippen LogP contribution in [0.25, 0.3) is 87.3 Å². The van der Waals surface area contributed by atoms with Crippen LogP contribution in [0.4, 0.5) is 34.1 Å². The minimum Gasteiger partial charge on any atom is -0.454 e. The monoisotopic (exact) mass is 1070 g/mol. The zero-order chi connectivity index (χ0) is 55.5. The number of hydrogen-bond donors (Lipinski definition) is 0. The van der Waals surface area contributed by atoms with Crippen LogP contribution in [0.3, 0.4) is 0 Å². The van der Waals surface area contributed by atoms with Gasteiger partial charge < -0.3 is 18.6 Å². The fraction of sp³-hybridized carbons (Fsp3) is 0.0886. The molecule has 16 rings (SSSR count). The van der Waals surface area contributed by atoms with Gasteiger partial charge in [0, 0.05) is 44.0 Å². The van der Waals surface area contributed by atoms with Crippen molar-refractivity contribution in [3.63, 3.8) is 0 Å². The first kappa shape index (κ1) is 48.7. The molecule has 0 fully saturated rings. The minimum atomic E-state index is -0.803. The zero-order valence-corrected chi connectivity index (χ0v) is 46.8. The van der Waals surface area contributed by atoms with Gasteiger partial charge >= 0.3 is 0 Å². The third-order valence-electron chi connectivity index (χ3n) is 17.8. The molecular weight excluding hydrogens is 1010 g/mol. The average molecular weight is 1070 g/mol. The molecule has 2 aromatic heterocycles. The predicted molar refractivity (Wildman–Crippen MR) is 348 cm³/mol. The maximum Gasteiger partial charge on any atom is 0.159 e. The van der Waals surface area contributed by atoms with Crippen molar-refractivity contribution in [3.8, 4) is 11.1 Å². The van der Waals surface area contributed by atoms with Gasteiger partial charge in [0.25, 0.3) is 0 Å².